The number of hydrogen-bond acceptors (Lipinski definition) is 3. The fraction of sp³-hybridized carbons (Fsp3) is 0.455. The van der Waals surface area contributed by atoms with Crippen molar-refractivity contribution < 1.29 is 10.2 Å². The van der Waals surface area contributed by atoms with E-state index >= 15 is 0 Å². The minimum absolute atomic E-state index is 0.252. The molecule has 2 atom stereocenters. The molecule has 132 valence electrons. The zero-order valence-corrected chi connectivity index (χ0v) is 15.5. The molecule has 3 heteroatoms. The Labute approximate surface area is 149 Å². The van der Waals surface area contributed by atoms with Gasteiger partial charge in [-0.2, -0.15) is 0 Å². The number of hydrogen-bond donors (Lipinski definition) is 3. The predicted molar refractivity (Wildman–Crippen MR) is 102 cm³/mol. The number of benzene rings is 2. The van der Waals surface area contributed by atoms with Gasteiger partial charge in [-0.25, -0.2) is 0 Å². The average Bonchev–Trinajstić information content (AvgIpc) is 2.86. The highest BCUT2D eigenvalue weighted by atomic mass is 16.3. The molecule has 0 aromatic heterocycles. The second kappa shape index (κ2) is 5.01. The van der Waals surface area contributed by atoms with E-state index in [1.807, 2.05) is 13.0 Å². The van der Waals surface area contributed by atoms with Crippen LogP contribution < -0.4 is 5.32 Å². The first kappa shape index (κ1) is 16.5. The van der Waals surface area contributed by atoms with E-state index in [9.17, 15) is 10.2 Å². The van der Waals surface area contributed by atoms with Gasteiger partial charge in [0.05, 0.1) is 11.1 Å². The third-order valence-electron chi connectivity index (χ3n) is 6.74. The molecule has 3 N–H and O–H groups in total. The van der Waals surface area contributed by atoms with E-state index in [1.165, 1.54) is 5.56 Å². The molecule has 1 fully saturated rings. The van der Waals surface area contributed by atoms with Crippen LogP contribution in [0, 0.1) is 6.92 Å². The average molecular weight is 337 g/mol. The van der Waals surface area contributed by atoms with Crippen molar-refractivity contribution in [1.82, 2.24) is 0 Å². The number of anilines is 1. The smallest absolute Gasteiger partial charge is 0.115 e. The monoisotopic (exact) mass is 337 g/mol. The molecule has 0 saturated heterocycles. The Bertz CT molecular complexity index is 857. The van der Waals surface area contributed by atoms with Crippen molar-refractivity contribution in [3.05, 3.63) is 47.5 Å². The number of aliphatic hydroxyl groups is 1. The van der Waals surface area contributed by atoms with E-state index in [-0.39, 0.29) is 11.0 Å². The number of rotatable bonds is 1. The van der Waals surface area contributed by atoms with Gasteiger partial charge in [0.1, 0.15) is 5.75 Å². The number of aromatic hydroxyl groups is 1. The third-order valence-corrected chi connectivity index (χ3v) is 6.74. The molecule has 4 rings (SSSR count). The quantitative estimate of drug-likeness (QED) is 0.704. The molecule has 3 nitrogen and oxygen atoms in total. The maximum Gasteiger partial charge on any atom is 0.115 e. The lowest BCUT2D eigenvalue weighted by molar-refractivity contribution is -0.0628. The Kier molecular flexibility index (Phi) is 3.30. The molecule has 0 amide bonds. The SMILES string of the molecule is Cc1cc(O)ccc1-c1ccc2c(c1)C1(C)CCCC1(O)C(C)(C)N2. The Hall–Kier alpha value is -2.00. The number of fused-ring (bicyclic) bond motifs is 3. The van der Waals surface area contributed by atoms with Crippen LogP contribution in [0.2, 0.25) is 0 Å². The van der Waals surface area contributed by atoms with Gasteiger partial charge in [-0.05, 0) is 86.6 Å². The number of nitrogens with one attached hydrogen (secondary N) is 1. The van der Waals surface area contributed by atoms with E-state index in [4.69, 9.17) is 0 Å². The molecular formula is C22H27NO2. The van der Waals surface area contributed by atoms with Gasteiger partial charge in [-0.1, -0.05) is 19.1 Å². The van der Waals surface area contributed by atoms with Gasteiger partial charge in [0.25, 0.3) is 0 Å². The van der Waals surface area contributed by atoms with Gasteiger partial charge in [-0.15, -0.1) is 0 Å². The van der Waals surface area contributed by atoms with Crippen molar-refractivity contribution in [2.24, 2.45) is 0 Å². The fourth-order valence-corrected chi connectivity index (χ4v) is 5.23. The predicted octanol–water partition coefficient (Wildman–Crippen LogP) is 4.74. The highest BCUT2D eigenvalue weighted by molar-refractivity contribution is 5.74. The molecule has 2 unspecified atom stereocenters. The lowest BCUT2D eigenvalue weighted by Crippen LogP contribution is -2.65. The summed E-state index contributed by atoms with van der Waals surface area (Å²) in [6.45, 7) is 8.45. The number of phenols is 1. The summed E-state index contributed by atoms with van der Waals surface area (Å²) < 4.78 is 0. The second-order valence-electron chi connectivity index (χ2n) is 8.56. The van der Waals surface area contributed by atoms with Gasteiger partial charge in [0.2, 0.25) is 0 Å². The molecule has 0 radical (unpaired) electrons. The number of aryl methyl sites for hydroxylation is 1. The van der Waals surface area contributed by atoms with E-state index in [2.05, 4.69) is 44.3 Å². The molecule has 1 aliphatic carbocycles. The van der Waals surface area contributed by atoms with Gasteiger partial charge >= 0.3 is 0 Å². The van der Waals surface area contributed by atoms with Crippen molar-refractivity contribution in [2.75, 3.05) is 5.32 Å². The fourth-order valence-electron chi connectivity index (χ4n) is 5.23. The molecule has 2 aliphatic rings. The van der Waals surface area contributed by atoms with E-state index in [0.29, 0.717) is 5.75 Å². The minimum atomic E-state index is -0.754. The topological polar surface area (TPSA) is 52.5 Å². The zero-order chi connectivity index (χ0) is 18.0. The molecular weight excluding hydrogens is 310 g/mol. The van der Waals surface area contributed by atoms with Crippen molar-refractivity contribution in [3.8, 4) is 16.9 Å². The van der Waals surface area contributed by atoms with E-state index in [1.54, 1.807) is 12.1 Å². The Morgan fingerprint density at radius 1 is 1.00 bits per heavy atom. The van der Waals surface area contributed by atoms with Gasteiger partial charge in [-0.3, -0.25) is 0 Å². The standard InChI is InChI=1S/C22H27NO2/c1-14-12-16(24)7-8-17(14)15-6-9-19-18(13-15)21(4)10-5-11-22(21,25)20(2,3)23-19/h6-9,12-13,23-25H,5,10-11H2,1-4H3. The van der Waals surface area contributed by atoms with Crippen LogP contribution >= 0.6 is 0 Å². The van der Waals surface area contributed by atoms with Crippen LogP contribution in [0.25, 0.3) is 11.1 Å². The van der Waals surface area contributed by atoms with Gasteiger partial charge in [0.15, 0.2) is 0 Å². The minimum Gasteiger partial charge on any atom is -0.508 e. The van der Waals surface area contributed by atoms with E-state index < -0.39 is 5.60 Å². The highest BCUT2D eigenvalue weighted by Gasteiger charge is 2.62. The maximum atomic E-state index is 11.6. The summed E-state index contributed by atoms with van der Waals surface area (Å²) in [5.74, 6) is 0.291. The van der Waals surface area contributed by atoms with Gasteiger partial charge in [0, 0.05) is 11.1 Å². The molecule has 2 aromatic carbocycles. The Balaban J connectivity index is 1.90. The largest absolute Gasteiger partial charge is 0.508 e. The highest BCUT2D eigenvalue weighted by Crippen LogP contribution is 2.58. The summed E-state index contributed by atoms with van der Waals surface area (Å²) in [7, 11) is 0. The van der Waals surface area contributed by atoms with E-state index in [0.717, 1.165) is 41.6 Å². The number of phenolic OH excluding ortho intramolecular Hbond substituents is 1. The summed E-state index contributed by atoms with van der Waals surface area (Å²) in [6.07, 6.45) is 2.87. The summed E-state index contributed by atoms with van der Waals surface area (Å²) in [4.78, 5) is 0. The summed E-state index contributed by atoms with van der Waals surface area (Å²) >= 11 is 0. The summed E-state index contributed by atoms with van der Waals surface area (Å²) in [6, 6.07) is 12.0. The van der Waals surface area contributed by atoms with Gasteiger partial charge < -0.3 is 15.5 Å². The maximum absolute atomic E-state index is 11.6. The van der Waals surface area contributed by atoms with Crippen LogP contribution in [0.15, 0.2) is 36.4 Å². The van der Waals surface area contributed by atoms with Crippen molar-refractivity contribution in [3.63, 3.8) is 0 Å². The molecule has 25 heavy (non-hydrogen) atoms. The summed E-state index contributed by atoms with van der Waals surface area (Å²) in [5, 5.41) is 24.9. The molecule has 2 aromatic rings. The second-order valence-corrected chi connectivity index (χ2v) is 8.56. The van der Waals surface area contributed by atoms with Crippen LogP contribution in [0.4, 0.5) is 5.69 Å². The van der Waals surface area contributed by atoms with Crippen LogP contribution in [0.3, 0.4) is 0 Å². The summed E-state index contributed by atoms with van der Waals surface area (Å²) in [5.41, 5.74) is 4.27. The molecule has 1 aliphatic heterocycles. The lowest BCUT2D eigenvalue weighted by Gasteiger charge is -2.55. The first-order valence-corrected chi connectivity index (χ1v) is 9.13. The van der Waals surface area contributed by atoms with Crippen molar-refractivity contribution in [2.45, 2.75) is 63.5 Å². The van der Waals surface area contributed by atoms with Crippen molar-refractivity contribution >= 4 is 5.69 Å². The first-order valence-electron chi connectivity index (χ1n) is 9.13. The molecule has 0 spiro atoms. The first-order chi connectivity index (χ1) is 11.7. The van der Waals surface area contributed by atoms with Crippen LogP contribution in [-0.4, -0.2) is 21.4 Å². The van der Waals surface area contributed by atoms with Crippen LogP contribution in [-0.2, 0) is 5.41 Å². The normalized spacial score (nSPS) is 29.6. The molecule has 1 saturated carbocycles. The third kappa shape index (κ3) is 2.08. The van der Waals surface area contributed by atoms with Crippen LogP contribution in [0.1, 0.15) is 51.2 Å². The lowest BCUT2D eigenvalue weighted by atomic mass is 9.60. The molecule has 1 heterocycles. The Morgan fingerprint density at radius 2 is 1.76 bits per heavy atom. The molecule has 0 bridgehead atoms. The van der Waals surface area contributed by atoms with Crippen molar-refractivity contribution in [1.29, 1.82) is 0 Å². The Morgan fingerprint density at radius 3 is 2.48 bits per heavy atom. The zero-order valence-electron chi connectivity index (χ0n) is 15.5. The van der Waals surface area contributed by atoms with Crippen LogP contribution in [0.5, 0.6) is 5.75 Å².